The first-order valence-corrected chi connectivity index (χ1v) is 11.7. The van der Waals surface area contributed by atoms with E-state index in [0.29, 0.717) is 5.92 Å². The third-order valence-electron chi connectivity index (χ3n) is 6.62. The van der Waals surface area contributed by atoms with Gasteiger partial charge in [0.2, 0.25) is 0 Å². The van der Waals surface area contributed by atoms with Crippen molar-refractivity contribution in [2.24, 2.45) is 0 Å². The Balaban J connectivity index is 1.32. The van der Waals surface area contributed by atoms with Gasteiger partial charge in [0.05, 0.1) is 23.9 Å². The van der Waals surface area contributed by atoms with Gasteiger partial charge in [-0.05, 0) is 50.2 Å². The number of hydrogen-bond acceptors (Lipinski definition) is 7. The van der Waals surface area contributed by atoms with Crippen molar-refractivity contribution in [2.45, 2.75) is 50.5 Å². The molecule has 150 valence electrons. The van der Waals surface area contributed by atoms with Gasteiger partial charge in [0.15, 0.2) is 0 Å². The van der Waals surface area contributed by atoms with Crippen molar-refractivity contribution in [3.8, 4) is 0 Å². The van der Waals surface area contributed by atoms with E-state index in [9.17, 15) is 0 Å². The Kier molecular flexibility index (Phi) is 5.34. The molecular formula is C21H28N4OS2. The van der Waals surface area contributed by atoms with Gasteiger partial charge in [-0.1, -0.05) is 12.8 Å². The largest absolute Gasteiger partial charge is 0.379 e. The Morgan fingerprint density at radius 3 is 2.68 bits per heavy atom. The van der Waals surface area contributed by atoms with Crippen LogP contribution in [0.5, 0.6) is 0 Å². The van der Waals surface area contributed by atoms with Crippen LogP contribution in [-0.2, 0) is 4.74 Å². The molecule has 1 atom stereocenters. The number of fused-ring (bicyclic) bond motifs is 1. The molecule has 2 fully saturated rings. The zero-order valence-corrected chi connectivity index (χ0v) is 18.1. The molecule has 3 aliphatic rings. The number of anilines is 1. The normalized spacial score (nSPS) is 28.5. The molecule has 5 nitrogen and oxygen atoms in total. The van der Waals surface area contributed by atoms with Crippen LogP contribution in [0.25, 0.3) is 0 Å². The van der Waals surface area contributed by atoms with Crippen molar-refractivity contribution in [1.29, 1.82) is 0 Å². The number of thiol groups is 1. The molecule has 1 saturated heterocycles. The molecule has 1 saturated carbocycles. The quantitative estimate of drug-likeness (QED) is 0.766. The summed E-state index contributed by atoms with van der Waals surface area (Å²) >= 11 is 6.38. The number of aromatic nitrogens is 2. The molecule has 2 aliphatic heterocycles. The maximum absolute atomic E-state index is 5.52. The lowest BCUT2D eigenvalue weighted by molar-refractivity contribution is 0.00729. The Bertz CT molecular complexity index is 828. The standard InChI is InChI=1S/C21H28N4OS2/c1-14-23-20(13-28-14)19-12-25(27)21-18(19)10-16(11-22-21)15-2-4-17(5-3-15)24-6-8-26-9-7-24/h10-11,13,15,17,19,27H,2-9,12H2,1H3/t15-,17+,19?. The molecule has 0 radical (unpaired) electrons. The fourth-order valence-corrected chi connectivity index (χ4v) is 6.05. The van der Waals surface area contributed by atoms with Crippen LogP contribution in [0, 0.1) is 6.92 Å². The number of thiazole rings is 1. The minimum atomic E-state index is 0.287. The first kappa shape index (κ1) is 18.9. The highest BCUT2D eigenvalue weighted by molar-refractivity contribution is 7.81. The topological polar surface area (TPSA) is 41.5 Å². The molecule has 7 heteroatoms. The number of nitrogens with zero attached hydrogens (tertiary/aromatic N) is 4. The SMILES string of the molecule is Cc1nc(C2CN(S)c3ncc([C@H]4CC[C@@H](N5CCOCC5)CC4)cc32)cs1. The first-order valence-electron chi connectivity index (χ1n) is 10.4. The van der Waals surface area contributed by atoms with Crippen molar-refractivity contribution < 1.29 is 4.74 Å². The highest BCUT2D eigenvalue weighted by atomic mass is 32.1. The van der Waals surface area contributed by atoms with Gasteiger partial charge in [0.1, 0.15) is 5.82 Å². The second-order valence-electron chi connectivity index (χ2n) is 8.26. The summed E-state index contributed by atoms with van der Waals surface area (Å²) < 4.78 is 7.50. The zero-order chi connectivity index (χ0) is 19.1. The van der Waals surface area contributed by atoms with Crippen molar-refractivity contribution >= 4 is 30.0 Å². The second kappa shape index (κ2) is 7.94. The van der Waals surface area contributed by atoms with Gasteiger partial charge in [0.25, 0.3) is 0 Å². The van der Waals surface area contributed by atoms with E-state index >= 15 is 0 Å². The second-order valence-corrected chi connectivity index (χ2v) is 9.81. The highest BCUT2D eigenvalue weighted by Gasteiger charge is 2.33. The van der Waals surface area contributed by atoms with Gasteiger partial charge in [0, 0.05) is 48.7 Å². The monoisotopic (exact) mass is 416 g/mol. The van der Waals surface area contributed by atoms with Crippen molar-refractivity contribution in [1.82, 2.24) is 14.9 Å². The molecule has 0 N–H and O–H groups in total. The molecule has 1 unspecified atom stereocenters. The number of aryl methyl sites for hydroxylation is 1. The molecular weight excluding hydrogens is 388 g/mol. The maximum Gasteiger partial charge on any atom is 0.142 e. The van der Waals surface area contributed by atoms with Crippen LogP contribution in [0.1, 0.15) is 59.3 Å². The highest BCUT2D eigenvalue weighted by Crippen LogP contribution is 2.43. The Morgan fingerprint density at radius 2 is 1.96 bits per heavy atom. The lowest BCUT2D eigenvalue weighted by Gasteiger charge is -2.38. The summed E-state index contributed by atoms with van der Waals surface area (Å²) in [5.74, 6) is 1.92. The van der Waals surface area contributed by atoms with Crippen LogP contribution in [0.15, 0.2) is 17.6 Å². The molecule has 0 aromatic carbocycles. The van der Waals surface area contributed by atoms with Gasteiger partial charge in [-0.2, -0.15) is 0 Å². The number of pyridine rings is 1. The lowest BCUT2D eigenvalue weighted by atomic mass is 9.81. The number of rotatable bonds is 3. The Morgan fingerprint density at radius 1 is 1.18 bits per heavy atom. The zero-order valence-electron chi connectivity index (χ0n) is 16.4. The molecule has 5 rings (SSSR count). The first-order chi connectivity index (χ1) is 13.7. The van der Waals surface area contributed by atoms with Crippen LogP contribution in [0.2, 0.25) is 0 Å². The minimum Gasteiger partial charge on any atom is -0.379 e. The molecule has 2 aromatic rings. The van der Waals surface area contributed by atoms with Crippen LogP contribution in [0.4, 0.5) is 5.82 Å². The molecule has 4 heterocycles. The smallest absolute Gasteiger partial charge is 0.142 e. The van der Waals surface area contributed by atoms with Gasteiger partial charge >= 0.3 is 0 Å². The van der Waals surface area contributed by atoms with Crippen molar-refractivity contribution in [3.63, 3.8) is 0 Å². The molecule has 0 bridgehead atoms. The summed E-state index contributed by atoms with van der Waals surface area (Å²) in [6.07, 6.45) is 7.18. The number of morpholine rings is 1. The third-order valence-corrected chi connectivity index (χ3v) is 7.76. The predicted octanol–water partition coefficient (Wildman–Crippen LogP) is 4.00. The molecule has 28 heavy (non-hydrogen) atoms. The van der Waals surface area contributed by atoms with Gasteiger partial charge < -0.3 is 9.04 Å². The molecule has 0 spiro atoms. The van der Waals surface area contributed by atoms with E-state index in [4.69, 9.17) is 14.7 Å². The summed E-state index contributed by atoms with van der Waals surface area (Å²) in [6.45, 7) is 6.91. The van der Waals surface area contributed by atoms with Crippen LogP contribution < -0.4 is 4.31 Å². The summed E-state index contributed by atoms with van der Waals surface area (Å²) in [4.78, 5) is 12.2. The van der Waals surface area contributed by atoms with Gasteiger partial charge in [-0.25, -0.2) is 9.97 Å². The molecule has 1 aliphatic carbocycles. The van der Waals surface area contributed by atoms with Crippen LogP contribution in [-0.4, -0.2) is 53.8 Å². The summed E-state index contributed by atoms with van der Waals surface area (Å²) in [7, 11) is 0. The molecule has 0 amide bonds. The van der Waals surface area contributed by atoms with E-state index in [1.807, 2.05) is 4.31 Å². The average Bonchev–Trinajstić information content (AvgIpc) is 3.32. The Hall–Kier alpha value is -1.15. The third kappa shape index (κ3) is 3.58. The minimum absolute atomic E-state index is 0.287. The lowest BCUT2D eigenvalue weighted by Crippen LogP contribution is -2.44. The summed E-state index contributed by atoms with van der Waals surface area (Å²) in [5, 5.41) is 3.32. The average molecular weight is 417 g/mol. The fraction of sp³-hybridized carbons (Fsp3) is 0.619. The fourth-order valence-electron chi connectivity index (χ4n) is 5.05. The van der Waals surface area contributed by atoms with Crippen molar-refractivity contribution in [2.75, 3.05) is 37.2 Å². The van der Waals surface area contributed by atoms with E-state index in [1.165, 1.54) is 36.8 Å². The van der Waals surface area contributed by atoms with E-state index in [-0.39, 0.29) is 5.92 Å². The van der Waals surface area contributed by atoms with Crippen LogP contribution >= 0.6 is 24.2 Å². The summed E-state index contributed by atoms with van der Waals surface area (Å²) in [6, 6.07) is 3.14. The summed E-state index contributed by atoms with van der Waals surface area (Å²) in [5.41, 5.74) is 3.86. The van der Waals surface area contributed by atoms with E-state index < -0.39 is 0 Å². The van der Waals surface area contributed by atoms with Gasteiger partial charge in [-0.15, -0.1) is 11.3 Å². The van der Waals surface area contributed by atoms with Gasteiger partial charge in [-0.3, -0.25) is 4.90 Å². The van der Waals surface area contributed by atoms with E-state index in [1.54, 1.807) is 11.3 Å². The molecule has 2 aromatic heterocycles. The van der Waals surface area contributed by atoms with E-state index in [2.05, 4.69) is 42.3 Å². The van der Waals surface area contributed by atoms with Crippen LogP contribution in [0.3, 0.4) is 0 Å². The maximum atomic E-state index is 5.52. The number of ether oxygens (including phenoxy) is 1. The van der Waals surface area contributed by atoms with Crippen molar-refractivity contribution in [3.05, 3.63) is 39.5 Å². The van der Waals surface area contributed by atoms with E-state index in [0.717, 1.165) is 55.4 Å². The number of hydrogen-bond donors (Lipinski definition) is 1. The predicted molar refractivity (Wildman–Crippen MR) is 117 cm³/mol. The Labute approximate surface area is 176 Å².